The quantitative estimate of drug-likeness (QED) is 0.862. The molecule has 1 aromatic carbocycles. The Bertz CT molecular complexity index is 651. The van der Waals surface area contributed by atoms with E-state index in [1.165, 1.54) is 0 Å². The summed E-state index contributed by atoms with van der Waals surface area (Å²) in [6, 6.07) is 9.82. The molecule has 0 unspecified atom stereocenters. The molecule has 2 heterocycles. The lowest BCUT2D eigenvalue weighted by molar-refractivity contribution is 0.215. The zero-order chi connectivity index (χ0) is 16.1. The van der Waals surface area contributed by atoms with Crippen molar-refractivity contribution in [3.05, 3.63) is 36.5 Å². The topological polar surface area (TPSA) is 50.2 Å². The van der Waals surface area contributed by atoms with Crippen LogP contribution in [0.3, 0.4) is 0 Å². The second-order valence-corrected chi connectivity index (χ2v) is 7.26. The number of para-hydroxylation sites is 1. The molecule has 2 amide bonds. The van der Waals surface area contributed by atoms with Crippen molar-refractivity contribution in [3.63, 3.8) is 0 Å². The highest BCUT2D eigenvalue weighted by Crippen LogP contribution is 2.28. The maximum Gasteiger partial charge on any atom is 0.323 e. The van der Waals surface area contributed by atoms with Crippen molar-refractivity contribution < 1.29 is 4.79 Å². The summed E-state index contributed by atoms with van der Waals surface area (Å²) in [6.45, 7) is 1.61. The van der Waals surface area contributed by atoms with Gasteiger partial charge in [-0.2, -0.15) is 16.9 Å². The molecule has 122 valence electrons. The van der Waals surface area contributed by atoms with E-state index < -0.39 is 0 Å². The molecule has 0 radical (unpaired) electrons. The van der Waals surface area contributed by atoms with Crippen LogP contribution in [0.2, 0.25) is 0 Å². The average molecular weight is 348 g/mol. The Morgan fingerprint density at radius 2 is 2.09 bits per heavy atom. The number of rotatable bonds is 3. The van der Waals surface area contributed by atoms with Crippen LogP contribution in [0.25, 0.3) is 5.69 Å². The van der Waals surface area contributed by atoms with E-state index in [1.54, 1.807) is 22.6 Å². The summed E-state index contributed by atoms with van der Waals surface area (Å²) in [5.41, 5.74) is 0.939. The molecule has 3 rings (SSSR count). The molecule has 0 aliphatic carbocycles. The van der Waals surface area contributed by atoms with Gasteiger partial charge in [-0.15, -0.1) is 11.8 Å². The predicted molar refractivity (Wildman–Crippen MR) is 97.9 cm³/mol. The number of anilines is 1. The third-order valence-corrected chi connectivity index (χ3v) is 5.48. The highest BCUT2D eigenvalue weighted by Gasteiger charge is 2.20. The first-order valence-electron chi connectivity index (χ1n) is 7.60. The fraction of sp³-hybridized carbons (Fsp3) is 0.375. The minimum absolute atomic E-state index is 0.0412. The minimum Gasteiger partial charge on any atom is -0.324 e. The molecule has 23 heavy (non-hydrogen) atoms. The Kier molecular flexibility index (Phi) is 5.51. The van der Waals surface area contributed by atoms with Gasteiger partial charge < -0.3 is 4.90 Å². The molecule has 1 fully saturated rings. The zero-order valence-corrected chi connectivity index (χ0v) is 14.7. The van der Waals surface area contributed by atoms with Crippen LogP contribution in [0.5, 0.6) is 0 Å². The van der Waals surface area contributed by atoms with E-state index in [1.807, 2.05) is 53.2 Å². The second kappa shape index (κ2) is 7.79. The molecule has 5 nitrogen and oxygen atoms in total. The van der Waals surface area contributed by atoms with Crippen molar-refractivity contribution in [2.75, 3.05) is 36.2 Å². The maximum absolute atomic E-state index is 12.6. The number of thioether (sulfide) groups is 2. The second-order valence-electron chi connectivity index (χ2n) is 5.19. The van der Waals surface area contributed by atoms with Crippen LogP contribution in [0.15, 0.2) is 41.4 Å². The van der Waals surface area contributed by atoms with Crippen LogP contribution < -0.4 is 5.32 Å². The Labute approximate surface area is 144 Å². The van der Waals surface area contributed by atoms with Gasteiger partial charge in [0.25, 0.3) is 0 Å². The maximum atomic E-state index is 12.6. The van der Waals surface area contributed by atoms with Crippen molar-refractivity contribution in [1.82, 2.24) is 14.7 Å². The number of amides is 2. The number of carbonyl (C=O) groups is 1. The normalized spacial score (nSPS) is 15.3. The fourth-order valence-corrected chi connectivity index (χ4v) is 3.86. The third-order valence-electron chi connectivity index (χ3n) is 3.69. The van der Waals surface area contributed by atoms with Crippen LogP contribution in [0.1, 0.15) is 6.42 Å². The number of hydrogen-bond donors (Lipinski definition) is 1. The van der Waals surface area contributed by atoms with Crippen LogP contribution in [0.4, 0.5) is 10.6 Å². The van der Waals surface area contributed by atoms with Gasteiger partial charge in [-0.1, -0.05) is 18.2 Å². The summed E-state index contributed by atoms with van der Waals surface area (Å²) in [6.07, 6.45) is 4.83. The standard InChI is InChI=1S/C16H20N4OS2/c1-22-14-12-17-20(13-6-3-2-4-7-13)15(14)18-16(21)19-8-5-10-23-11-9-19/h2-4,6-7,12H,5,8-11H2,1H3,(H,18,21). The van der Waals surface area contributed by atoms with Gasteiger partial charge in [-0.05, 0) is 30.6 Å². The summed E-state index contributed by atoms with van der Waals surface area (Å²) in [4.78, 5) is 15.5. The van der Waals surface area contributed by atoms with Gasteiger partial charge in [-0.25, -0.2) is 9.48 Å². The molecule has 1 saturated heterocycles. The van der Waals surface area contributed by atoms with Crippen LogP contribution in [-0.2, 0) is 0 Å². The lowest BCUT2D eigenvalue weighted by Gasteiger charge is -2.21. The van der Waals surface area contributed by atoms with Crippen LogP contribution >= 0.6 is 23.5 Å². The molecule has 1 N–H and O–H groups in total. The van der Waals surface area contributed by atoms with Crippen LogP contribution in [0, 0.1) is 0 Å². The van der Waals surface area contributed by atoms with Gasteiger partial charge in [0.05, 0.1) is 16.8 Å². The first-order chi connectivity index (χ1) is 11.3. The van der Waals surface area contributed by atoms with E-state index in [2.05, 4.69) is 10.4 Å². The number of hydrogen-bond acceptors (Lipinski definition) is 4. The molecule has 0 saturated carbocycles. The summed E-state index contributed by atoms with van der Waals surface area (Å²) >= 11 is 3.49. The van der Waals surface area contributed by atoms with Crippen molar-refractivity contribution >= 4 is 35.4 Å². The van der Waals surface area contributed by atoms with E-state index in [4.69, 9.17) is 0 Å². The van der Waals surface area contributed by atoms with Crippen molar-refractivity contribution in [3.8, 4) is 5.69 Å². The number of benzene rings is 1. The fourth-order valence-electron chi connectivity index (χ4n) is 2.49. The van der Waals surface area contributed by atoms with Gasteiger partial charge in [0.2, 0.25) is 0 Å². The molecule has 0 bridgehead atoms. The van der Waals surface area contributed by atoms with E-state index in [0.717, 1.165) is 47.4 Å². The van der Waals surface area contributed by atoms with Gasteiger partial charge >= 0.3 is 6.03 Å². The summed E-state index contributed by atoms with van der Waals surface area (Å²) in [5, 5.41) is 7.50. The monoisotopic (exact) mass is 348 g/mol. The van der Waals surface area contributed by atoms with E-state index in [0.29, 0.717) is 0 Å². The molecule has 1 aliphatic heterocycles. The average Bonchev–Trinajstić information content (AvgIpc) is 2.80. The zero-order valence-electron chi connectivity index (χ0n) is 13.1. The lowest BCUT2D eigenvalue weighted by atomic mass is 10.3. The Morgan fingerprint density at radius 1 is 1.26 bits per heavy atom. The van der Waals surface area contributed by atoms with Crippen LogP contribution in [-0.4, -0.2) is 51.6 Å². The Balaban J connectivity index is 1.83. The summed E-state index contributed by atoms with van der Waals surface area (Å²) in [7, 11) is 0. The largest absolute Gasteiger partial charge is 0.324 e. The molecular weight excluding hydrogens is 328 g/mol. The Morgan fingerprint density at radius 3 is 2.87 bits per heavy atom. The Hall–Kier alpha value is -1.60. The van der Waals surface area contributed by atoms with Gasteiger partial charge in [0.15, 0.2) is 5.82 Å². The molecule has 7 heteroatoms. The highest BCUT2D eigenvalue weighted by atomic mass is 32.2. The van der Waals surface area contributed by atoms with E-state index in [9.17, 15) is 4.79 Å². The van der Waals surface area contributed by atoms with Crippen molar-refractivity contribution in [1.29, 1.82) is 0 Å². The molecule has 0 spiro atoms. The number of carbonyl (C=O) groups excluding carboxylic acids is 1. The number of nitrogens with one attached hydrogen (secondary N) is 1. The van der Waals surface area contributed by atoms with Gasteiger partial charge in [0.1, 0.15) is 0 Å². The highest BCUT2D eigenvalue weighted by molar-refractivity contribution is 7.99. The van der Waals surface area contributed by atoms with E-state index in [-0.39, 0.29) is 6.03 Å². The van der Waals surface area contributed by atoms with Gasteiger partial charge in [0, 0.05) is 18.8 Å². The smallest absolute Gasteiger partial charge is 0.323 e. The SMILES string of the molecule is CSc1cnn(-c2ccccc2)c1NC(=O)N1CCCSCC1. The molecule has 0 atom stereocenters. The first kappa shape index (κ1) is 16.3. The first-order valence-corrected chi connectivity index (χ1v) is 9.98. The number of aromatic nitrogens is 2. The number of nitrogens with zero attached hydrogens (tertiary/aromatic N) is 3. The lowest BCUT2D eigenvalue weighted by Crippen LogP contribution is -2.37. The van der Waals surface area contributed by atoms with Gasteiger partial charge in [-0.3, -0.25) is 5.32 Å². The molecule has 1 aliphatic rings. The number of urea groups is 1. The predicted octanol–water partition coefficient (Wildman–Crippen LogP) is 3.57. The third kappa shape index (κ3) is 3.84. The van der Waals surface area contributed by atoms with Crippen molar-refractivity contribution in [2.45, 2.75) is 11.3 Å². The minimum atomic E-state index is -0.0412. The van der Waals surface area contributed by atoms with Crippen molar-refractivity contribution in [2.24, 2.45) is 0 Å². The van der Waals surface area contributed by atoms with E-state index >= 15 is 0 Å². The molecular formula is C16H20N4OS2. The summed E-state index contributed by atoms with van der Waals surface area (Å²) in [5.74, 6) is 2.87. The molecule has 1 aromatic heterocycles. The summed E-state index contributed by atoms with van der Waals surface area (Å²) < 4.78 is 1.79. The molecule has 2 aromatic rings.